The van der Waals surface area contributed by atoms with Crippen LogP contribution in [0, 0.1) is 4.91 Å². The van der Waals surface area contributed by atoms with Gasteiger partial charge in [-0.25, -0.2) is 5.21 Å². The average Bonchev–Trinajstić information content (AvgIpc) is 2.67. The van der Waals surface area contributed by atoms with Gasteiger partial charge in [-0.05, 0) is 6.92 Å². The molecular weight excluding hydrogens is 198 g/mol. The van der Waals surface area contributed by atoms with Crippen molar-refractivity contribution in [3.8, 4) is 0 Å². The lowest BCUT2D eigenvalue weighted by molar-refractivity contribution is -0.729. The molecule has 0 spiro atoms. The maximum absolute atomic E-state index is 10.7. The van der Waals surface area contributed by atoms with Gasteiger partial charge in [-0.3, -0.25) is 0 Å². The van der Waals surface area contributed by atoms with Gasteiger partial charge in [0.2, 0.25) is 0 Å². The molecule has 15 heavy (non-hydrogen) atoms. The molecule has 2 rings (SSSR count). The smallest absolute Gasteiger partial charge is 0.317 e. The lowest BCUT2D eigenvalue weighted by atomic mass is 10.1. The summed E-state index contributed by atoms with van der Waals surface area (Å²) in [5.41, 5.74) is 0.875. The van der Waals surface area contributed by atoms with E-state index in [1.807, 2.05) is 0 Å². The van der Waals surface area contributed by atoms with E-state index in [0.29, 0.717) is 18.8 Å². The predicted molar refractivity (Wildman–Crippen MR) is 50.8 cm³/mol. The van der Waals surface area contributed by atoms with Crippen LogP contribution >= 0.6 is 0 Å². The Hall–Kier alpha value is -1.46. The molecule has 0 radical (unpaired) electrons. The third-order valence-corrected chi connectivity index (χ3v) is 2.43. The molecule has 5 heteroatoms. The zero-order chi connectivity index (χ0) is 10.9. The van der Waals surface area contributed by atoms with Crippen LogP contribution < -0.4 is 0 Å². The second-order valence-corrected chi connectivity index (χ2v) is 3.47. The molecule has 1 heterocycles. The van der Waals surface area contributed by atoms with E-state index in [2.05, 4.69) is 0 Å². The third kappa shape index (κ3) is 1.84. The highest BCUT2D eigenvalue weighted by molar-refractivity contribution is 5.35. The third-order valence-electron chi connectivity index (χ3n) is 2.43. The van der Waals surface area contributed by atoms with Crippen molar-refractivity contribution in [2.45, 2.75) is 12.7 Å². The zero-order valence-corrected chi connectivity index (χ0v) is 8.34. The van der Waals surface area contributed by atoms with Crippen LogP contribution in [0.4, 0.5) is 5.69 Å². The molecule has 1 saturated heterocycles. The summed E-state index contributed by atoms with van der Waals surface area (Å²) in [5, 5.41) is 8.77. The molecular formula is C10H12NO4+. The molecule has 1 aromatic rings. The number of hydrogen-bond donors (Lipinski definition) is 1. The molecule has 0 aliphatic carbocycles. The second-order valence-electron chi connectivity index (χ2n) is 3.47. The van der Waals surface area contributed by atoms with E-state index in [1.165, 1.54) is 6.07 Å². The number of hydrogen-bond acceptors (Lipinski definition) is 3. The van der Waals surface area contributed by atoms with Gasteiger partial charge in [0.25, 0.3) is 4.92 Å². The van der Waals surface area contributed by atoms with Crippen molar-refractivity contribution in [2.24, 2.45) is 0 Å². The highest BCUT2D eigenvalue weighted by atomic mass is 16.7. The Kier molecular flexibility index (Phi) is 2.42. The molecule has 1 N–H and O–H groups in total. The van der Waals surface area contributed by atoms with Gasteiger partial charge in [-0.1, -0.05) is 12.1 Å². The van der Waals surface area contributed by atoms with Crippen LogP contribution in [0.1, 0.15) is 12.5 Å². The lowest BCUT2D eigenvalue weighted by Crippen LogP contribution is -2.22. The van der Waals surface area contributed by atoms with E-state index in [9.17, 15) is 4.91 Å². The van der Waals surface area contributed by atoms with Crippen LogP contribution in [-0.4, -0.2) is 23.3 Å². The zero-order valence-electron chi connectivity index (χ0n) is 8.34. The van der Waals surface area contributed by atoms with Crippen LogP contribution in [0.25, 0.3) is 0 Å². The number of rotatable bonds is 2. The highest BCUT2D eigenvalue weighted by Gasteiger charge is 2.34. The summed E-state index contributed by atoms with van der Waals surface area (Å²) in [7, 11) is 0. The fourth-order valence-corrected chi connectivity index (χ4v) is 1.59. The first-order chi connectivity index (χ1) is 7.12. The Morgan fingerprint density at radius 1 is 1.40 bits per heavy atom. The molecule has 0 unspecified atom stereocenters. The van der Waals surface area contributed by atoms with Crippen molar-refractivity contribution in [2.75, 3.05) is 13.2 Å². The maximum atomic E-state index is 10.7. The van der Waals surface area contributed by atoms with E-state index < -0.39 is 5.79 Å². The van der Waals surface area contributed by atoms with Gasteiger partial charge in [-0.15, -0.1) is 0 Å². The van der Waals surface area contributed by atoms with Gasteiger partial charge in [0.1, 0.15) is 0 Å². The maximum Gasteiger partial charge on any atom is 0.317 e. The fraction of sp³-hybridized carbons (Fsp3) is 0.400. The molecule has 0 bridgehead atoms. The van der Waals surface area contributed by atoms with Gasteiger partial charge in [0.15, 0.2) is 5.79 Å². The topological polar surface area (TPSA) is 58.8 Å². The molecule has 0 amide bonds. The van der Waals surface area contributed by atoms with Crippen molar-refractivity contribution in [3.05, 3.63) is 34.7 Å². The van der Waals surface area contributed by atoms with E-state index in [0.717, 1.165) is 0 Å². The van der Waals surface area contributed by atoms with Gasteiger partial charge >= 0.3 is 5.69 Å². The predicted octanol–water partition coefficient (Wildman–Crippen LogP) is 1.71. The second kappa shape index (κ2) is 3.60. The normalized spacial score (nSPS) is 19.0. The van der Waals surface area contributed by atoms with Crippen molar-refractivity contribution >= 4 is 5.69 Å². The van der Waals surface area contributed by atoms with Crippen molar-refractivity contribution in [1.82, 2.24) is 0 Å². The Morgan fingerprint density at radius 2 is 2.07 bits per heavy atom. The molecule has 1 fully saturated rings. The van der Waals surface area contributed by atoms with Crippen LogP contribution in [-0.2, 0) is 15.3 Å². The molecule has 1 aromatic carbocycles. The molecule has 0 aromatic heterocycles. The van der Waals surface area contributed by atoms with Crippen LogP contribution in [0.5, 0.6) is 0 Å². The van der Waals surface area contributed by atoms with Gasteiger partial charge < -0.3 is 9.47 Å². The van der Waals surface area contributed by atoms with Crippen molar-refractivity contribution in [3.63, 3.8) is 0 Å². The van der Waals surface area contributed by atoms with Crippen LogP contribution in [0.15, 0.2) is 24.3 Å². The van der Waals surface area contributed by atoms with E-state index in [4.69, 9.17) is 14.7 Å². The minimum atomic E-state index is -0.813. The Labute approximate surface area is 86.8 Å². The van der Waals surface area contributed by atoms with Crippen LogP contribution in [0.2, 0.25) is 0 Å². The molecule has 1 aliphatic heterocycles. The largest absolute Gasteiger partial charge is 0.344 e. The molecule has 80 valence electrons. The first-order valence-corrected chi connectivity index (χ1v) is 4.66. The summed E-state index contributed by atoms with van der Waals surface area (Å²) in [4.78, 5) is 10.5. The number of ether oxygens (including phenoxy) is 2. The molecule has 1 aliphatic rings. The van der Waals surface area contributed by atoms with Crippen LogP contribution in [0.3, 0.4) is 0 Å². The molecule has 0 saturated carbocycles. The monoisotopic (exact) mass is 210 g/mol. The highest BCUT2D eigenvalue weighted by Crippen LogP contribution is 2.32. The summed E-state index contributed by atoms with van der Waals surface area (Å²) in [5.74, 6) is -0.813. The first-order valence-electron chi connectivity index (χ1n) is 4.66. The summed E-state index contributed by atoms with van der Waals surface area (Å²) in [6.45, 7) is 2.84. The minimum Gasteiger partial charge on any atom is -0.344 e. The Bertz CT molecular complexity index is 385. The van der Waals surface area contributed by atoms with Gasteiger partial charge in [-0.2, -0.15) is 0 Å². The lowest BCUT2D eigenvalue weighted by Gasteiger charge is -2.21. The summed E-state index contributed by atoms with van der Waals surface area (Å²) < 4.78 is 10.9. The van der Waals surface area contributed by atoms with Gasteiger partial charge in [0.05, 0.1) is 18.1 Å². The number of benzene rings is 1. The Morgan fingerprint density at radius 3 is 2.67 bits per heavy atom. The fourth-order valence-electron chi connectivity index (χ4n) is 1.59. The van der Waals surface area contributed by atoms with Crippen molar-refractivity contribution in [1.29, 1.82) is 0 Å². The van der Waals surface area contributed by atoms with E-state index in [-0.39, 0.29) is 10.6 Å². The standard InChI is InChI=1S/C10H12NO4/c1-10(14-5-6-15-10)8-3-2-4-9(7-8)11(12)13/h2-4,7H,5-6H2,1H3,(H,12,13)/q+1. The van der Waals surface area contributed by atoms with Gasteiger partial charge in [0, 0.05) is 17.7 Å². The minimum absolute atomic E-state index is 0.160. The van der Waals surface area contributed by atoms with E-state index >= 15 is 0 Å². The van der Waals surface area contributed by atoms with E-state index in [1.54, 1.807) is 25.1 Å². The summed E-state index contributed by atoms with van der Waals surface area (Å²) in [6.07, 6.45) is 0. The molecule has 0 atom stereocenters. The summed E-state index contributed by atoms with van der Waals surface area (Å²) >= 11 is 0. The SMILES string of the molecule is CC1(c2cccc([N+](=O)O)c2)OCCO1. The first kappa shape index (κ1) is 10.1. The Balaban J connectivity index is 2.36. The number of nitrogens with zero attached hydrogens (tertiary/aromatic N) is 1. The van der Waals surface area contributed by atoms with Crippen molar-refractivity contribution < 1.29 is 19.6 Å². The quantitative estimate of drug-likeness (QED) is 0.755. The summed E-state index contributed by atoms with van der Waals surface area (Å²) in [6, 6.07) is 6.51. The molecule has 5 nitrogen and oxygen atoms in total. The average molecular weight is 210 g/mol.